The molecule has 0 atom stereocenters. The topological polar surface area (TPSA) is 93.5 Å². The summed E-state index contributed by atoms with van der Waals surface area (Å²) in [5, 5.41) is 7.16. The van der Waals surface area contributed by atoms with Gasteiger partial charge >= 0.3 is 0 Å². The fourth-order valence-electron chi connectivity index (χ4n) is 3.45. The largest absolute Gasteiger partial charge is 0.493 e. The lowest BCUT2D eigenvalue weighted by Gasteiger charge is -2.10. The number of alkyl halides is 1. The zero-order valence-electron chi connectivity index (χ0n) is 17.4. The van der Waals surface area contributed by atoms with E-state index in [1.807, 2.05) is 0 Å². The van der Waals surface area contributed by atoms with Crippen molar-refractivity contribution < 1.29 is 18.7 Å². The molecule has 0 bridgehead atoms. The molecule has 0 aliphatic rings. The minimum Gasteiger partial charge on any atom is -0.493 e. The Hall–Kier alpha value is -3.00. The molecule has 170 valence electrons. The van der Waals surface area contributed by atoms with Crippen LogP contribution in [0.2, 0.25) is 10.0 Å². The third kappa shape index (κ3) is 4.71. The number of anilines is 2. The summed E-state index contributed by atoms with van der Waals surface area (Å²) in [4.78, 5) is 29.3. The summed E-state index contributed by atoms with van der Waals surface area (Å²) in [6.07, 6.45) is 3.66. The number of benzene rings is 2. The SMILES string of the molecule is COc1ccc(C(=O)Nc2c(Cl)cncc2Cl)c2c1oc1ccc(NC(=O)CCCCl)cc12. The number of rotatable bonds is 7. The van der Waals surface area contributed by atoms with Crippen molar-refractivity contribution in [3.05, 3.63) is 58.3 Å². The number of hydrogen-bond acceptors (Lipinski definition) is 5. The molecule has 4 aromatic rings. The molecule has 4 rings (SSSR count). The van der Waals surface area contributed by atoms with Gasteiger partial charge in [-0.2, -0.15) is 0 Å². The minimum atomic E-state index is -0.447. The quantitative estimate of drug-likeness (QED) is 0.279. The number of pyridine rings is 1. The molecule has 0 fully saturated rings. The number of aromatic nitrogens is 1. The highest BCUT2D eigenvalue weighted by Gasteiger charge is 2.21. The van der Waals surface area contributed by atoms with Crippen LogP contribution in [0.3, 0.4) is 0 Å². The van der Waals surface area contributed by atoms with E-state index in [0.717, 1.165) is 0 Å². The van der Waals surface area contributed by atoms with Crippen molar-refractivity contribution in [1.29, 1.82) is 0 Å². The van der Waals surface area contributed by atoms with E-state index in [-0.39, 0.29) is 21.6 Å². The maximum Gasteiger partial charge on any atom is 0.256 e. The lowest BCUT2D eigenvalue weighted by atomic mass is 10.0. The predicted octanol–water partition coefficient (Wildman–Crippen LogP) is 6.51. The molecule has 0 spiro atoms. The van der Waals surface area contributed by atoms with Gasteiger partial charge in [-0.3, -0.25) is 14.6 Å². The van der Waals surface area contributed by atoms with E-state index in [9.17, 15) is 9.59 Å². The molecule has 2 aromatic heterocycles. The van der Waals surface area contributed by atoms with E-state index in [2.05, 4.69) is 15.6 Å². The van der Waals surface area contributed by atoms with Gasteiger partial charge in [0.25, 0.3) is 5.91 Å². The monoisotopic (exact) mass is 505 g/mol. The van der Waals surface area contributed by atoms with Crippen LogP contribution in [0.25, 0.3) is 21.9 Å². The molecule has 0 unspecified atom stereocenters. The zero-order chi connectivity index (χ0) is 23.5. The fraction of sp³-hybridized carbons (Fsp3) is 0.174. The maximum absolute atomic E-state index is 13.2. The standard InChI is InChI=1S/C23H18Cl3N3O4/c1-32-18-7-5-13(23(31)29-21-15(25)10-27-11-16(21)26)20-14-9-12(28-19(30)3-2-8-24)4-6-17(14)33-22(18)20/h4-7,9-11H,2-3,8H2,1H3,(H,28,30)(H,27,29,31). The van der Waals surface area contributed by atoms with Crippen molar-refractivity contribution in [3.8, 4) is 5.75 Å². The first-order valence-corrected chi connectivity index (χ1v) is 11.2. The lowest BCUT2D eigenvalue weighted by molar-refractivity contribution is -0.116. The Labute approximate surface area is 204 Å². The second kappa shape index (κ2) is 9.87. The van der Waals surface area contributed by atoms with Gasteiger partial charge in [0.2, 0.25) is 5.91 Å². The summed E-state index contributed by atoms with van der Waals surface area (Å²) in [6, 6.07) is 8.48. The van der Waals surface area contributed by atoms with Crippen molar-refractivity contribution in [2.45, 2.75) is 12.8 Å². The molecule has 0 saturated heterocycles. The van der Waals surface area contributed by atoms with Crippen LogP contribution in [-0.2, 0) is 4.79 Å². The highest BCUT2D eigenvalue weighted by molar-refractivity contribution is 6.40. The van der Waals surface area contributed by atoms with Gasteiger partial charge in [0.05, 0.1) is 28.4 Å². The highest BCUT2D eigenvalue weighted by Crippen LogP contribution is 2.39. The van der Waals surface area contributed by atoms with Crippen LogP contribution in [0.4, 0.5) is 11.4 Å². The van der Waals surface area contributed by atoms with Crippen LogP contribution < -0.4 is 15.4 Å². The molecule has 0 radical (unpaired) electrons. The second-order valence-corrected chi connectivity index (χ2v) is 8.30. The van der Waals surface area contributed by atoms with Crippen LogP contribution in [0.5, 0.6) is 5.75 Å². The molecule has 2 heterocycles. The summed E-state index contributed by atoms with van der Waals surface area (Å²) >= 11 is 18.0. The normalized spacial score (nSPS) is 11.0. The molecule has 0 aliphatic heterocycles. The Morgan fingerprint density at radius 2 is 1.85 bits per heavy atom. The second-order valence-electron chi connectivity index (χ2n) is 7.11. The summed E-state index contributed by atoms with van der Waals surface area (Å²) in [5.41, 5.74) is 2.07. The number of methoxy groups -OCH3 is 1. The summed E-state index contributed by atoms with van der Waals surface area (Å²) < 4.78 is 11.4. The first-order valence-electron chi connectivity index (χ1n) is 9.92. The van der Waals surface area contributed by atoms with Crippen molar-refractivity contribution in [2.75, 3.05) is 23.6 Å². The van der Waals surface area contributed by atoms with Crippen LogP contribution >= 0.6 is 34.8 Å². The number of furan rings is 1. The maximum atomic E-state index is 13.2. The van der Waals surface area contributed by atoms with E-state index in [1.54, 1.807) is 30.3 Å². The van der Waals surface area contributed by atoms with E-state index in [1.165, 1.54) is 19.5 Å². The smallest absolute Gasteiger partial charge is 0.256 e. The molecule has 10 heteroatoms. The number of amides is 2. The summed E-state index contributed by atoms with van der Waals surface area (Å²) in [6.45, 7) is 0. The first kappa shape index (κ1) is 23.2. The number of nitrogens with one attached hydrogen (secondary N) is 2. The number of halogens is 3. The van der Waals surface area contributed by atoms with E-state index < -0.39 is 5.91 Å². The molecular formula is C23H18Cl3N3O4. The number of carbonyl (C=O) groups is 2. The molecule has 0 saturated carbocycles. The highest BCUT2D eigenvalue weighted by atomic mass is 35.5. The Morgan fingerprint density at radius 3 is 2.55 bits per heavy atom. The van der Waals surface area contributed by atoms with Gasteiger partial charge in [-0.1, -0.05) is 23.2 Å². The molecule has 2 N–H and O–H groups in total. The Kier molecular flexibility index (Phi) is 6.93. The summed E-state index contributed by atoms with van der Waals surface area (Å²) in [7, 11) is 1.51. The van der Waals surface area contributed by atoms with Crippen molar-refractivity contribution >= 4 is 79.9 Å². The number of ether oxygens (including phenoxy) is 1. The Bertz CT molecular complexity index is 1350. The van der Waals surface area contributed by atoms with Crippen LogP contribution in [-0.4, -0.2) is 29.8 Å². The molecule has 2 aromatic carbocycles. The molecule has 33 heavy (non-hydrogen) atoms. The number of carbonyl (C=O) groups excluding carboxylic acids is 2. The number of fused-ring (bicyclic) bond motifs is 3. The predicted molar refractivity (Wildman–Crippen MR) is 131 cm³/mol. The van der Waals surface area contributed by atoms with E-state index >= 15 is 0 Å². The third-order valence-corrected chi connectivity index (χ3v) is 5.80. The van der Waals surface area contributed by atoms with Crippen LogP contribution in [0.15, 0.2) is 47.1 Å². The molecule has 0 aliphatic carbocycles. The van der Waals surface area contributed by atoms with E-state index in [0.29, 0.717) is 57.7 Å². The van der Waals surface area contributed by atoms with Crippen molar-refractivity contribution in [1.82, 2.24) is 4.98 Å². The Balaban J connectivity index is 1.80. The number of hydrogen-bond donors (Lipinski definition) is 2. The Morgan fingerprint density at radius 1 is 1.09 bits per heavy atom. The molecule has 2 amide bonds. The average molecular weight is 507 g/mol. The van der Waals surface area contributed by atoms with Gasteiger partial charge in [0.1, 0.15) is 5.58 Å². The van der Waals surface area contributed by atoms with E-state index in [4.69, 9.17) is 44.0 Å². The molecular weight excluding hydrogens is 489 g/mol. The van der Waals surface area contributed by atoms with Gasteiger partial charge < -0.3 is 19.8 Å². The van der Waals surface area contributed by atoms with Crippen molar-refractivity contribution in [2.24, 2.45) is 0 Å². The lowest BCUT2D eigenvalue weighted by Crippen LogP contribution is -2.13. The zero-order valence-corrected chi connectivity index (χ0v) is 19.6. The molecule has 7 nitrogen and oxygen atoms in total. The number of nitrogens with zero attached hydrogens (tertiary/aromatic N) is 1. The van der Waals surface area contributed by atoms with Gasteiger partial charge in [-0.15, -0.1) is 11.6 Å². The van der Waals surface area contributed by atoms with Crippen LogP contribution in [0, 0.1) is 0 Å². The average Bonchev–Trinajstić information content (AvgIpc) is 3.18. The summed E-state index contributed by atoms with van der Waals surface area (Å²) in [5.74, 6) is 0.269. The van der Waals surface area contributed by atoms with Crippen molar-refractivity contribution in [3.63, 3.8) is 0 Å². The fourth-order valence-corrected chi connectivity index (χ4v) is 4.04. The van der Waals surface area contributed by atoms with Gasteiger partial charge in [0.15, 0.2) is 11.3 Å². The van der Waals surface area contributed by atoms with Gasteiger partial charge in [-0.05, 0) is 36.8 Å². The first-order chi connectivity index (χ1) is 15.9. The van der Waals surface area contributed by atoms with Gasteiger partial charge in [0, 0.05) is 41.2 Å². The third-order valence-electron chi connectivity index (χ3n) is 4.96. The minimum absolute atomic E-state index is 0.152. The van der Waals surface area contributed by atoms with Crippen LogP contribution in [0.1, 0.15) is 23.2 Å². The van der Waals surface area contributed by atoms with Gasteiger partial charge in [-0.25, -0.2) is 0 Å².